The van der Waals surface area contributed by atoms with E-state index in [1.165, 1.54) is 0 Å². The molecule has 0 saturated heterocycles. The summed E-state index contributed by atoms with van der Waals surface area (Å²) in [4.78, 5) is 8.51. The second-order valence-corrected chi connectivity index (χ2v) is 4.28. The number of hydrogen-bond acceptors (Lipinski definition) is 2. The smallest absolute Gasteiger partial charge is 0.197 e. The minimum Gasteiger partial charge on any atom is -0.227 e. The van der Waals surface area contributed by atoms with Crippen molar-refractivity contribution in [1.29, 1.82) is 0 Å². The lowest BCUT2D eigenvalue weighted by atomic mass is 10.2. The second kappa shape index (κ2) is 3.35. The lowest BCUT2D eigenvalue weighted by molar-refractivity contribution is 1.10. The van der Waals surface area contributed by atoms with E-state index in [-0.39, 0.29) is 0 Å². The first kappa shape index (κ1) is 9.09. The Morgan fingerprint density at radius 1 is 1.15 bits per heavy atom. The van der Waals surface area contributed by atoms with Gasteiger partial charge in [0.05, 0.1) is 11.2 Å². The molecule has 66 valence electrons. The predicted molar refractivity (Wildman–Crippen MR) is 59.7 cm³/mol. The molecule has 0 atom stereocenters. The van der Waals surface area contributed by atoms with Crippen LogP contribution in [-0.4, -0.2) is 9.97 Å². The minimum absolute atomic E-state index is 0.635. The maximum Gasteiger partial charge on any atom is 0.197 e. The maximum absolute atomic E-state index is 4.27. The average Bonchev–Trinajstić information content (AvgIpc) is 2.02. The Kier molecular flexibility index (Phi) is 2.34. The summed E-state index contributed by atoms with van der Waals surface area (Å²) in [5, 5.41) is 1.07. The first-order chi connectivity index (χ1) is 6.18. The van der Waals surface area contributed by atoms with Crippen LogP contribution < -0.4 is 0 Å². The van der Waals surface area contributed by atoms with Gasteiger partial charge in [-0.3, -0.25) is 0 Å². The van der Waals surface area contributed by atoms with Gasteiger partial charge in [-0.15, -0.1) is 0 Å². The van der Waals surface area contributed by atoms with Crippen LogP contribution in [0.4, 0.5) is 0 Å². The van der Waals surface area contributed by atoms with Crippen LogP contribution in [0.3, 0.4) is 0 Å². The van der Waals surface area contributed by atoms with E-state index in [1.807, 2.05) is 25.1 Å². The van der Waals surface area contributed by atoms with Gasteiger partial charge in [0.2, 0.25) is 0 Å². The van der Waals surface area contributed by atoms with Gasteiger partial charge >= 0.3 is 0 Å². The van der Waals surface area contributed by atoms with Crippen LogP contribution in [0, 0.1) is 6.92 Å². The Labute approximate surface area is 92.7 Å². The van der Waals surface area contributed by atoms with Crippen molar-refractivity contribution in [2.24, 2.45) is 0 Å². The summed E-state index contributed by atoms with van der Waals surface area (Å²) in [6.07, 6.45) is 0. The molecule has 0 unspecified atom stereocenters. The number of halogens is 2. The van der Waals surface area contributed by atoms with Crippen molar-refractivity contribution >= 4 is 42.8 Å². The third kappa shape index (κ3) is 1.60. The molecule has 0 bridgehead atoms. The van der Waals surface area contributed by atoms with Gasteiger partial charge in [-0.05, 0) is 35.0 Å². The number of aryl methyl sites for hydroxylation is 1. The van der Waals surface area contributed by atoms with Crippen molar-refractivity contribution in [2.75, 3.05) is 0 Å². The van der Waals surface area contributed by atoms with Crippen molar-refractivity contribution in [3.8, 4) is 0 Å². The van der Waals surface area contributed by atoms with Crippen LogP contribution in [0.15, 0.2) is 27.4 Å². The molecule has 0 amide bonds. The highest BCUT2D eigenvalue weighted by atomic mass is 79.9. The molecule has 0 aliphatic heterocycles. The molecule has 1 aromatic heterocycles. The van der Waals surface area contributed by atoms with Gasteiger partial charge in [-0.2, -0.15) is 0 Å². The topological polar surface area (TPSA) is 25.8 Å². The van der Waals surface area contributed by atoms with Gasteiger partial charge in [0.25, 0.3) is 0 Å². The number of hydrogen-bond donors (Lipinski definition) is 0. The van der Waals surface area contributed by atoms with Gasteiger partial charge in [0, 0.05) is 9.86 Å². The van der Waals surface area contributed by atoms with Gasteiger partial charge in [-0.1, -0.05) is 22.0 Å². The standard InChI is InChI=1S/C9H6Br2N2/c1-5-8-6(10)3-2-4-7(8)13-9(11)12-5/h2-4H,1H3. The second-order valence-electron chi connectivity index (χ2n) is 2.71. The highest BCUT2D eigenvalue weighted by Gasteiger charge is 2.04. The Morgan fingerprint density at radius 2 is 1.92 bits per heavy atom. The Bertz CT molecular complexity index is 468. The van der Waals surface area contributed by atoms with Gasteiger partial charge < -0.3 is 0 Å². The SMILES string of the molecule is Cc1nc(Br)nc2cccc(Br)c12. The van der Waals surface area contributed by atoms with Crippen molar-refractivity contribution in [1.82, 2.24) is 9.97 Å². The fraction of sp³-hybridized carbons (Fsp3) is 0.111. The first-order valence-electron chi connectivity index (χ1n) is 3.77. The van der Waals surface area contributed by atoms with Gasteiger partial charge in [0.1, 0.15) is 0 Å². The largest absolute Gasteiger partial charge is 0.227 e. The van der Waals surface area contributed by atoms with Crippen molar-refractivity contribution < 1.29 is 0 Å². The number of benzene rings is 1. The molecule has 2 rings (SSSR count). The summed E-state index contributed by atoms with van der Waals surface area (Å²) in [6, 6.07) is 5.93. The average molecular weight is 302 g/mol. The van der Waals surface area contributed by atoms with E-state index in [0.717, 1.165) is 21.1 Å². The van der Waals surface area contributed by atoms with Crippen LogP contribution >= 0.6 is 31.9 Å². The minimum atomic E-state index is 0.635. The monoisotopic (exact) mass is 300 g/mol. The van der Waals surface area contributed by atoms with Crippen LogP contribution in [0.1, 0.15) is 5.69 Å². The summed E-state index contributed by atoms with van der Waals surface area (Å²) in [6.45, 7) is 1.97. The molecule has 0 radical (unpaired) electrons. The summed E-state index contributed by atoms with van der Waals surface area (Å²) < 4.78 is 1.67. The number of nitrogens with zero attached hydrogens (tertiary/aromatic N) is 2. The zero-order valence-electron chi connectivity index (χ0n) is 6.88. The lowest BCUT2D eigenvalue weighted by Gasteiger charge is -2.02. The Morgan fingerprint density at radius 3 is 2.69 bits per heavy atom. The van der Waals surface area contributed by atoms with Gasteiger partial charge in [-0.25, -0.2) is 9.97 Å². The predicted octanol–water partition coefficient (Wildman–Crippen LogP) is 3.46. The summed E-state index contributed by atoms with van der Waals surface area (Å²) in [5.74, 6) is 0. The van der Waals surface area contributed by atoms with E-state index in [9.17, 15) is 0 Å². The fourth-order valence-electron chi connectivity index (χ4n) is 1.28. The quantitative estimate of drug-likeness (QED) is 0.696. The summed E-state index contributed by atoms with van der Waals surface area (Å²) in [5.41, 5.74) is 1.93. The number of fused-ring (bicyclic) bond motifs is 1. The van der Waals surface area contributed by atoms with Crippen LogP contribution in [0.2, 0.25) is 0 Å². The molecule has 2 nitrogen and oxygen atoms in total. The Balaban J connectivity index is 2.94. The van der Waals surface area contributed by atoms with Gasteiger partial charge in [0.15, 0.2) is 4.73 Å². The summed E-state index contributed by atoms with van der Waals surface area (Å²) in [7, 11) is 0. The first-order valence-corrected chi connectivity index (χ1v) is 5.35. The van der Waals surface area contributed by atoms with E-state index in [1.54, 1.807) is 0 Å². The number of aromatic nitrogens is 2. The van der Waals surface area contributed by atoms with Crippen LogP contribution in [-0.2, 0) is 0 Å². The zero-order valence-corrected chi connectivity index (χ0v) is 10.1. The summed E-state index contributed by atoms with van der Waals surface area (Å²) >= 11 is 6.75. The molecule has 13 heavy (non-hydrogen) atoms. The molecule has 0 aliphatic rings. The molecule has 2 aromatic rings. The Hall–Kier alpha value is -0.480. The molecule has 0 fully saturated rings. The van der Waals surface area contributed by atoms with Crippen LogP contribution in [0.25, 0.3) is 10.9 Å². The molecule has 4 heteroatoms. The normalized spacial score (nSPS) is 10.7. The third-order valence-electron chi connectivity index (χ3n) is 1.83. The molecule has 0 N–H and O–H groups in total. The van der Waals surface area contributed by atoms with E-state index in [2.05, 4.69) is 41.8 Å². The third-order valence-corrected chi connectivity index (χ3v) is 2.84. The van der Waals surface area contributed by atoms with E-state index in [0.29, 0.717) is 4.73 Å². The molecular weight excluding hydrogens is 296 g/mol. The molecule has 1 aromatic carbocycles. The molecular formula is C9H6Br2N2. The maximum atomic E-state index is 4.27. The molecule has 0 spiro atoms. The fourth-order valence-corrected chi connectivity index (χ4v) is 2.38. The van der Waals surface area contributed by atoms with Crippen molar-refractivity contribution in [2.45, 2.75) is 6.92 Å². The van der Waals surface area contributed by atoms with Crippen molar-refractivity contribution in [3.63, 3.8) is 0 Å². The van der Waals surface area contributed by atoms with Crippen LogP contribution in [0.5, 0.6) is 0 Å². The molecule has 1 heterocycles. The molecule has 0 saturated carbocycles. The van der Waals surface area contributed by atoms with E-state index in [4.69, 9.17) is 0 Å². The molecule has 0 aliphatic carbocycles. The van der Waals surface area contributed by atoms with E-state index < -0.39 is 0 Å². The highest BCUT2D eigenvalue weighted by Crippen LogP contribution is 2.25. The lowest BCUT2D eigenvalue weighted by Crippen LogP contribution is -1.90. The zero-order chi connectivity index (χ0) is 9.42. The van der Waals surface area contributed by atoms with E-state index >= 15 is 0 Å². The highest BCUT2D eigenvalue weighted by molar-refractivity contribution is 9.10. The van der Waals surface area contributed by atoms with Crippen molar-refractivity contribution in [3.05, 3.63) is 33.1 Å². The number of rotatable bonds is 0.